The molecule has 0 heterocycles. The van der Waals surface area contributed by atoms with E-state index in [0.29, 0.717) is 5.92 Å². The standard InChI is InChI=1S/C14H18/c1-5-12-9-7-8-10-14(12)13(6-2)11(3)4/h5-11H,2H2,1,3-4H3/b12-5-,14-13+. The molecular formula is C14H18. The second kappa shape index (κ2) is 4.80. The van der Waals surface area contributed by atoms with Crippen molar-refractivity contribution in [1.29, 1.82) is 0 Å². The summed E-state index contributed by atoms with van der Waals surface area (Å²) in [6, 6.07) is 8.45. The van der Waals surface area contributed by atoms with Crippen molar-refractivity contribution in [3.8, 4) is 0 Å². The van der Waals surface area contributed by atoms with Crippen LogP contribution in [0.15, 0.2) is 36.9 Å². The van der Waals surface area contributed by atoms with Crippen LogP contribution in [0.4, 0.5) is 0 Å². The molecule has 0 aromatic heterocycles. The van der Waals surface area contributed by atoms with E-state index in [0.717, 1.165) is 0 Å². The first kappa shape index (κ1) is 10.8. The van der Waals surface area contributed by atoms with Crippen molar-refractivity contribution in [2.24, 2.45) is 5.92 Å². The molecule has 1 aromatic rings. The van der Waals surface area contributed by atoms with Crippen LogP contribution in [0.3, 0.4) is 0 Å². The molecule has 1 aromatic carbocycles. The molecule has 1 rings (SSSR count). The molecule has 0 amide bonds. The molecule has 0 nitrogen and oxygen atoms in total. The number of hydrogen-bond acceptors (Lipinski definition) is 0. The Morgan fingerprint density at radius 3 is 2.43 bits per heavy atom. The van der Waals surface area contributed by atoms with Gasteiger partial charge in [0.05, 0.1) is 0 Å². The average Bonchev–Trinajstić information content (AvgIpc) is 2.19. The third kappa shape index (κ3) is 2.14. The van der Waals surface area contributed by atoms with E-state index >= 15 is 0 Å². The van der Waals surface area contributed by atoms with Crippen molar-refractivity contribution in [2.45, 2.75) is 20.8 Å². The highest BCUT2D eigenvalue weighted by molar-refractivity contribution is 5.57. The lowest BCUT2D eigenvalue weighted by atomic mass is 9.99. The first-order chi connectivity index (χ1) is 6.70. The summed E-state index contributed by atoms with van der Waals surface area (Å²) in [5, 5.41) is 2.59. The Labute approximate surface area is 86.3 Å². The van der Waals surface area contributed by atoms with Crippen LogP contribution in [0.5, 0.6) is 0 Å². The van der Waals surface area contributed by atoms with Gasteiger partial charge in [-0.1, -0.05) is 56.8 Å². The third-order valence-electron chi connectivity index (χ3n) is 2.42. The van der Waals surface area contributed by atoms with Crippen LogP contribution in [-0.4, -0.2) is 0 Å². The van der Waals surface area contributed by atoms with Gasteiger partial charge >= 0.3 is 0 Å². The molecular weight excluding hydrogens is 168 g/mol. The van der Waals surface area contributed by atoms with Gasteiger partial charge in [0.2, 0.25) is 0 Å². The predicted molar refractivity (Wildman–Crippen MR) is 64.3 cm³/mol. The Morgan fingerprint density at radius 1 is 1.29 bits per heavy atom. The van der Waals surface area contributed by atoms with Gasteiger partial charge in [0.25, 0.3) is 0 Å². The summed E-state index contributed by atoms with van der Waals surface area (Å²) in [7, 11) is 0. The molecule has 0 aliphatic rings. The van der Waals surface area contributed by atoms with Gasteiger partial charge in [-0.3, -0.25) is 0 Å². The van der Waals surface area contributed by atoms with Gasteiger partial charge in [-0.15, -0.1) is 0 Å². The highest BCUT2D eigenvalue weighted by Gasteiger charge is 1.99. The quantitative estimate of drug-likeness (QED) is 0.665. The van der Waals surface area contributed by atoms with Crippen molar-refractivity contribution in [1.82, 2.24) is 0 Å². The molecule has 0 aliphatic carbocycles. The van der Waals surface area contributed by atoms with E-state index in [1.165, 1.54) is 16.0 Å². The van der Waals surface area contributed by atoms with Gasteiger partial charge < -0.3 is 0 Å². The molecule has 0 atom stereocenters. The zero-order valence-electron chi connectivity index (χ0n) is 9.25. The molecule has 0 radical (unpaired) electrons. The van der Waals surface area contributed by atoms with Gasteiger partial charge in [0, 0.05) is 0 Å². The van der Waals surface area contributed by atoms with Gasteiger partial charge in [-0.25, -0.2) is 0 Å². The SMILES string of the molecule is C=C/C(=c1/cccc/c1=C/C)C(C)C. The minimum Gasteiger partial charge on any atom is -0.0988 e. The second-order valence-corrected chi connectivity index (χ2v) is 3.69. The van der Waals surface area contributed by atoms with E-state index in [9.17, 15) is 0 Å². The average molecular weight is 186 g/mol. The summed E-state index contributed by atoms with van der Waals surface area (Å²) < 4.78 is 0. The smallest absolute Gasteiger partial charge is 0.0153 e. The Kier molecular flexibility index (Phi) is 3.70. The van der Waals surface area contributed by atoms with Gasteiger partial charge in [0.15, 0.2) is 0 Å². The minimum atomic E-state index is 0.522. The van der Waals surface area contributed by atoms with Gasteiger partial charge in [-0.05, 0) is 28.9 Å². The molecule has 0 saturated carbocycles. The molecule has 0 bridgehead atoms. The summed E-state index contributed by atoms with van der Waals surface area (Å²) in [6.45, 7) is 10.3. The highest BCUT2D eigenvalue weighted by Crippen LogP contribution is 2.08. The van der Waals surface area contributed by atoms with Crippen molar-refractivity contribution in [3.05, 3.63) is 47.4 Å². The van der Waals surface area contributed by atoms with Crippen LogP contribution < -0.4 is 10.4 Å². The van der Waals surface area contributed by atoms with E-state index in [2.05, 4.69) is 57.7 Å². The van der Waals surface area contributed by atoms with E-state index < -0.39 is 0 Å². The normalized spacial score (nSPS) is 14.4. The number of hydrogen-bond donors (Lipinski definition) is 0. The van der Waals surface area contributed by atoms with Crippen LogP contribution in [0.25, 0.3) is 11.6 Å². The van der Waals surface area contributed by atoms with Crippen LogP contribution in [0.2, 0.25) is 0 Å². The third-order valence-corrected chi connectivity index (χ3v) is 2.42. The molecule has 0 aliphatic heterocycles. The van der Waals surface area contributed by atoms with Gasteiger partial charge in [0.1, 0.15) is 0 Å². The molecule has 0 fully saturated rings. The molecule has 0 heteroatoms. The second-order valence-electron chi connectivity index (χ2n) is 3.69. The lowest BCUT2D eigenvalue weighted by Crippen LogP contribution is -2.27. The molecule has 0 saturated heterocycles. The van der Waals surface area contributed by atoms with E-state index in [-0.39, 0.29) is 0 Å². The van der Waals surface area contributed by atoms with Crippen molar-refractivity contribution < 1.29 is 0 Å². The number of rotatable bonds is 2. The first-order valence-electron chi connectivity index (χ1n) is 5.08. The minimum absolute atomic E-state index is 0.522. The summed E-state index contributed by atoms with van der Waals surface area (Å²) in [6.07, 6.45) is 4.11. The maximum Gasteiger partial charge on any atom is -0.0153 e. The van der Waals surface area contributed by atoms with Gasteiger partial charge in [-0.2, -0.15) is 0 Å². The maximum atomic E-state index is 3.88. The fraction of sp³-hybridized carbons (Fsp3) is 0.286. The summed E-state index contributed by atoms with van der Waals surface area (Å²) in [4.78, 5) is 0. The lowest BCUT2D eigenvalue weighted by molar-refractivity contribution is 0.855. The van der Waals surface area contributed by atoms with Crippen LogP contribution in [-0.2, 0) is 0 Å². The Hall–Kier alpha value is -1.30. The highest BCUT2D eigenvalue weighted by atomic mass is 14.0. The fourth-order valence-corrected chi connectivity index (χ4v) is 1.67. The van der Waals surface area contributed by atoms with Crippen molar-refractivity contribution in [3.63, 3.8) is 0 Å². The Morgan fingerprint density at radius 2 is 1.93 bits per heavy atom. The summed E-state index contributed by atoms with van der Waals surface area (Å²) in [5.41, 5.74) is 1.32. The first-order valence-corrected chi connectivity index (χ1v) is 5.08. The zero-order valence-corrected chi connectivity index (χ0v) is 9.25. The largest absolute Gasteiger partial charge is 0.0988 e. The van der Waals surface area contributed by atoms with Crippen LogP contribution in [0.1, 0.15) is 20.8 Å². The maximum absolute atomic E-state index is 3.88. The molecule has 14 heavy (non-hydrogen) atoms. The van der Waals surface area contributed by atoms with Crippen molar-refractivity contribution in [2.75, 3.05) is 0 Å². The Bertz CT molecular complexity index is 422. The molecule has 74 valence electrons. The predicted octanol–water partition coefficient (Wildman–Crippen LogP) is 2.48. The summed E-state index contributed by atoms with van der Waals surface area (Å²) >= 11 is 0. The van der Waals surface area contributed by atoms with E-state index in [1.807, 2.05) is 6.08 Å². The topological polar surface area (TPSA) is 0 Å². The Balaban J connectivity index is 3.64. The number of benzene rings is 1. The van der Waals surface area contributed by atoms with Crippen LogP contribution in [0, 0.1) is 5.92 Å². The zero-order chi connectivity index (χ0) is 10.6. The van der Waals surface area contributed by atoms with E-state index in [4.69, 9.17) is 0 Å². The fourth-order valence-electron chi connectivity index (χ4n) is 1.67. The lowest BCUT2D eigenvalue weighted by Gasteiger charge is -2.06. The van der Waals surface area contributed by atoms with E-state index in [1.54, 1.807) is 0 Å². The molecule has 0 spiro atoms. The molecule has 0 unspecified atom stereocenters. The van der Waals surface area contributed by atoms with Crippen LogP contribution >= 0.6 is 0 Å². The monoisotopic (exact) mass is 186 g/mol. The number of allylic oxidation sites excluding steroid dienone is 1. The molecule has 0 N–H and O–H groups in total. The van der Waals surface area contributed by atoms with Crippen molar-refractivity contribution >= 4 is 11.6 Å². The summed E-state index contributed by atoms with van der Waals surface area (Å²) in [5.74, 6) is 0.522.